The van der Waals surface area contributed by atoms with Gasteiger partial charge in [0.05, 0.1) is 6.04 Å². The zero-order valence-corrected chi connectivity index (χ0v) is 14.8. The van der Waals surface area contributed by atoms with Gasteiger partial charge in [0.2, 0.25) is 0 Å². The first-order valence-electron chi connectivity index (χ1n) is 8.79. The molecule has 0 bridgehead atoms. The molecular formula is C21H18N2O4. The van der Waals surface area contributed by atoms with Gasteiger partial charge in [0.15, 0.2) is 0 Å². The Hall–Kier alpha value is -3.41. The van der Waals surface area contributed by atoms with Gasteiger partial charge in [-0.3, -0.25) is 9.59 Å². The molecule has 6 heteroatoms. The van der Waals surface area contributed by atoms with E-state index < -0.39 is 17.9 Å². The highest BCUT2D eigenvalue weighted by Crippen LogP contribution is 2.32. The summed E-state index contributed by atoms with van der Waals surface area (Å²) in [6.07, 6.45) is -0.700. The first-order valence-corrected chi connectivity index (χ1v) is 8.79. The number of fused-ring (bicyclic) bond motifs is 2. The van der Waals surface area contributed by atoms with Crippen LogP contribution in [0.3, 0.4) is 0 Å². The summed E-state index contributed by atoms with van der Waals surface area (Å²) in [6.45, 7) is 1.85. The number of hydroxylamine groups is 2. The fraction of sp³-hybridized carbons (Fsp3) is 0.190. The maximum absolute atomic E-state index is 12.3. The Morgan fingerprint density at radius 3 is 2.04 bits per heavy atom. The summed E-state index contributed by atoms with van der Waals surface area (Å²) < 4.78 is 0. The lowest BCUT2D eigenvalue weighted by atomic mass is 9.93. The number of hydrogen-bond acceptors (Lipinski definition) is 4. The second-order valence-corrected chi connectivity index (χ2v) is 6.56. The lowest BCUT2D eigenvalue weighted by Gasteiger charge is -2.20. The van der Waals surface area contributed by atoms with Crippen molar-refractivity contribution in [1.82, 2.24) is 10.4 Å². The van der Waals surface area contributed by atoms with Crippen molar-refractivity contribution in [1.29, 1.82) is 0 Å². The van der Waals surface area contributed by atoms with Crippen molar-refractivity contribution in [2.45, 2.75) is 25.8 Å². The van der Waals surface area contributed by atoms with Crippen molar-refractivity contribution in [3.8, 4) is 0 Å². The molecule has 27 heavy (non-hydrogen) atoms. The number of nitrogens with one attached hydrogen (secondary N) is 1. The molecule has 1 aliphatic heterocycles. The predicted molar refractivity (Wildman–Crippen MR) is 101 cm³/mol. The molecular weight excluding hydrogens is 344 g/mol. The summed E-state index contributed by atoms with van der Waals surface area (Å²) in [5.74, 6) is -1.00. The molecule has 136 valence electrons. The van der Waals surface area contributed by atoms with Crippen LogP contribution in [0.1, 0.15) is 31.4 Å². The maximum Gasteiger partial charge on any atom is 0.432 e. The van der Waals surface area contributed by atoms with E-state index in [1.807, 2.05) is 55.5 Å². The third-order valence-corrected chi connectivity index (χ3v) is 4.76. The number of hydrogen-bond donors (Lipinski definition) is 1. The topological polar surface area (TPSA) is 75.7 Å². The number of benzene rings is 3. The first-order chi connectivity index (χ1) is 13.0. The normalized spacial score (nSPS) is 15.4. The van der Waals surface area contributed by atoms with Gasteiger partial charge in [0.25, 0.3) is 11.8 Å². The van der Waals surface area contributed by atoms with Crippen molar-refractivity contribution in [2.75, 3.05) is 0 Å². The second kappa shape index (κ2) is 6.72. The lowest BCUT2D eigenvalue weighted by Crippen LogP contribution is -2.38. The van der Waals surface area contributed by atoms with Gasteiger partial charge < -0.3 is 10.2 Å². The third-order valence-electron chi connectivity index (χ3n) is 4.76. The quantitative estimate of drug-likeness (QED) is 0.567. The van der Waals surface area contributed by atoms with Gasteiger partial charge in [0, 0.05) is 12.8 Å². The van der Waals surface area contributed by atoms with Gasteiger partial charge in [-0.05, 0) is 40.1 Å². The Balaban J connectivity index is 1.67. The summed E-state index contributed by atoms with van der Waals surface area (Å²) in [5.41, 5.74) is 0.958. The number of imide groups is 1. The number of carbonyl (C=O) groups is 3. The minimum Gasteiger partial charge on any atom is -0.313 e. The molecule has 1 saturated heterocycles. The van der Waals surface area contributed by atoms with E-state index in [4.69, 9.17) is 4.84 Å². The van der Waals surface area contributed by atoms with Crippen LogP contribution in [0.15, 0.2) is 54.6 Å². The van der Waals surface area contributed by atoms with E-state index in [1.165, 1.54) is 0 Å². The van der Waals surface area contributed by atoms with E-state index in [9.17, 15) is 14.4 Å². The number of rotatable bonds is 3. The van der Waals surface area contributed by atoms with Crippen LogP contribution in [0.5, 0.6) is 0 Å². The zero-order chi connectivity index (χ0) is 19.0. The van der Waals surface area contributed by atoms with Crippen LogP contribution in [-0.2, 0) is 14.4 Å². The molecule has 3 amide bonds. The monoisotopic (exact) mass is 362 g/mol. The molecule has 0 saturated carbocycles. The van der Waals surface area contributed by atoms with E-state index in [1.54, 1.807) is 0 Å². The van der Waals surface area contributed by atoms with E-state index in [-0.39, 0.29) is 18.9 Å². The summed E-state index contributed by atoms with van der Waals surface area (Å²) in [7, 11) is 0. The molecule has 1 fully saturated rings. The number of amides is 3. The van der Waals surface area contributed by atoms with Gasteiger partial charge in [0.1, 0.15) is 0 Å². The molecule has 4 rings (SSSR count). The zero-order valence-electron chi connectivity index (χ0n) is 14.8. The molecule has 3 aromatic rings. The lowest BCUT2D eigenvalue weighted by molar-refractivity contribution is -0.171. The molecule has 3 aromatic carbocycles. The molecule has 1 heterocycles. The van der Waals surface area contributed by atoms with Crippen LogP contribution in [0.25, 0.3) is 21.5 Å². The predicted octanol–water partition coefficient (Wildman–Crippen LogP) is 3.84. The van der Waals surface area contributed by atoms with E-state index in [0.29, 0.717) is 5.06 Å². The smallest absolute Gasteiger partial charge is 0.313 e. The largest absolute Gasteiger partial charge is 0.432 e. The Morgan fingerprint density at radius 1 is 0.963 bits per heavy atom. The molecule has 1 aliphatic rings. The van der Waals surface area contributed by atoms with Crippen molar-refractivity contribution < 1.29 is 19.2 Å². The summed E-state index contributed by atoms with van der Waals surface area (Å²) in [6, 6.07) is 17.6. The molecule has 1 atom stereocenters. The van der Waals surface area contributed by atoms with E-state index >= 15 is 0 Å². The number of carbonyl (C=O) groups excluding carboxylic acids is 3. The highest BCUT2D eigenvalue weighted by Gasteiger charge is 2.33. The first kappa shape index (κ1) is 17.0. The highest BCUT2D eigenvalue weighted by atomic mass is 16.7. The molecule has 6 nitrogen and oxygen atoms in total. The van der Waals surface area contributed by atoms with Crippen molar-refractivity contribution in [3.63, 3.8) is 0 Å². The fourth-order valence-corrected chi connectivity index (χ4v) is 3.53. The average molecular weight is 362 g/mol. The standard InChI is InChI=1S/C21H18N2O4/c1-13(22-21(26)27-23-18(24)10-11-19(23)25)20-16-8-4-2-6-14(16)12-15-7-3-5-9-17(15)20/h2-9,12-13H,10-11H2,1H3,(H,22,26). The molecule has 1 unspecified atom stereocenters. The van der Waals surface area contributed by atoms with Crippen molar-refractivity contribution in [3.05, 3.63) is 60.2 Å². The fourth-order valence-electron chi connectivity index (χ4n) is 3.53. The SMILES string of the molecule is CC(NC(=O)ON1C(=O)CCC1=O)c1c2ccccc2cc2ccccc12. The van der Waals surface area contributed by atoms with Gasteiger partial charge in [-0.1, -0.05) is 48.5 Å². The molecule has 0 aliphatic carbocycles. The molecule has 0 aromatic heterocycles. The van der Waals surface area contributed by atoms with Gasteiger partial charge in [-0.2, -0.15) is 0 Å². The van der Waals surface area contributed by atoms with Crippen LogP contribution in [-0.4, -0.2) is 23.0 Å². The highest BCUT2D eigenvalue weighted by molar-refractivity contribution is 6.03. The van der Waals surface area contributed by atoms with Crippen molar-refractivity contribution >= 4 is 39.5 Å². The Bertz CT molecular complexity index is 1010. The summed E-state index contributed by atoms with van der Waals surface area (Å²) >= 11 is 0. The molecule has 0 spiro atoms. The van der Waals surface area contributed by atoms with Crippen LogP contribution in [0, 0.1) is 0 Å². The van der Waals surface area contributed by atoms with Gasteiger partial charge >= 0.3 is 6.09 Å². The Kier molecular flexibility index (Phi) is 4.24. The maximum atomic E-state index is 12.3. The molecule has 1 N–H and O–H groups in total. The van der Waals surface area contributed by atoms with E-state index in [0.717, 1.165) is 27.1 Å². The second-order valence-electron chi connectivity index (χ2n) is 6.56. The summed E-state index contributed by atoms with van der Waals surface area (Å²) in [4.78, 5) is 40.5. The minimum absolute atomic E-state index is 0.0651. The van der Waals surface area contributed by atoms with Crippen LogP contribution >= 0.6 is 0 Å². The molecule has 0 radical (unpaired) electrons. The number of nitrogens with zero attached hydrogens (tertiary/aromatic N) is 1. The Labute approximate surface area is 155 Å². The summed E-state index contributed by atoms with van der Waals surface area (Å²) in [5, 5.41) is 7.47. The van der Waals surface area contributed by atoms with E-state index in [2.05, 4.69) is 11.4 Å². The van der Waals surface area contributed by atoms with Crippen molar-refractivity contribution in [2.24, 2.45) is 0 Å². The Morgan fingerprint density at radius 2 is 1.48 bits per heavy atom. The van der Waals surface area contributed by atoms with Gasteiger partial charge in [-0.15, -0.1) is 5.06 Å². The third kappa shape index (κ3) is 3.10. The average Bonchev–Trinajstić information content (AvgIpc) is 2.97. The van der Waals surface area contributed by atoms with Crippen LogP contribution in [0.4, 0.5) is 4.79 Å². The minimum atomic E-state index is -0.830. The van der Waals surface area contributed by atoms with Crippen LogP contribution < -0.4 is 5.32 Å². The van der Waals surface area contributed by atoms with Gasteiger partial charge in [-0.25, -0.2) is 4.79 Å². The van der Waals surface area contributed by atoms with Crippen LogP contribution in [0.2, 0.25) is 0 Å².